The van der Waals surface area contributed by atoms with Crippen molar-refractivity contribution in [3.8, 4) is 0 Å². The van der Waals surface area contributed by atoms with E-state index in [0.717, 1.165) is 11.1 Å². The summed E-state index contributed by atoms with van der Waals surface area (Å²) in [5.41, 5.74) is 2.94. The zero-order chi connectivity index (χ0) is 22.9. The van der Waals surface area contributed by atoms with E-state index in [4.69, 9.17) is 10.1 Å². The second kappa shape index (κ2) is 8.59. The van der Waals surface area contributed by atoms with Crippen LogP contribution in [0.5, 0.6) is 0 Å². The Morgan fingerprint density at radius 3 is 2.85 bits per heavy atom. The molecule has 1 aliphatic heterocycles. The molecule has 2 amide bonds. The third-order valence-corrected chi connectivity index (χ3v) is 5.92. The van der Waals surface area contributed by atoms with Crippen molar-refractivity contribution in [1.29, 1.82) is 0 Å². The topological polar surface area (TPSA) is 111 Å². The van der Waals surface area contributed by atoms with E-state index in [9.17, 15) is 14.0 Å². The number of halogens is 1. The van der Waals surface area contributed by atoms with Gasteiger partial charge in [-0.3, -0.25) is 14.6 Å². The fourth-order valence-corrected chi connectivity index (χ4v) is 4.28. The van der Waals surface area contributed by atoms with Crippen molar-refractivity contribution in [2.24, 2.45) is 0 Å². The Kier molecular flexibility index (Phi) is 5.47. The number of carbonyl (C=O) groups is 2. The molecular weight excluding hydrogens is 425 g/mol. The van der Waals surface area contributed by atoms with Gasteiger partial charge < -0.3 is 20.3 Å². The fourth-order valence-electron chi connectivity index (χ4n) is 4.28. The number of para-hydroxylation sites is 1. The highest BCUT2D eigenvalue weighted by Crippen LogP contribution is 2.30. The van der Waals surface area contributed by atoms with Crippen LogP contribution in [0.3, 0.4) is 0 Å². The molecule has 168 valence electrons. The first-order valence-corrected chi connectivity index (χ1v) is 10.8. The van der Waals surface area contributed by atoms with Crippen molar-refractivity contribution in [1.82, 2.24) is 25.2 Å². The van der Waals surface area contributed by atoms with Crippen molar-refractivity contribution in [3.05, 3.63) is 71.4 Å². The first kappa shape index (κ1) is 21.0. The lowest BCUT2D eigenvalue weighted by molar-refractivity contribution is 0.0779. The van der Waals surface area contributed by atoms with Gasteiger partial charge in [0.2, 0.25) is 0 Å². The van der Waals surface area contributed by atoms with Crippen LogP contribution in [0.15, 0.2) is 48.5 Å². The molecule has 2 aromatic heterocycles. The summed E-state index contributed by atoms with van der Waals surface area (Å²) in [5.74, 6) is -0.788. The summed E-state index contributed by atoms with van der Waals surface area (Å²) < 4.78 is 13.5. The number of hydrogen-bond acceptors (Lipinski definition) is 5. The number of likely N-dealkylation sites (tertiary alicyclic amines) is 1. The SMILES string of the molecule is O=C(NCCO)c1cc([C@H]2CCN(C(=O)c3nc4ccc(F)cc4[nH]3)C2)nc2ccccc12. The Balaban J connectivity index is 1.40. The van der Waals surface area contributed by atoms with E-state index in [0.29, 0.717) is 41.6 Å². The van der Waals surface area contributed by atoms with Crippen molar-refractivity contribution in [2.45, 2.75) is 12.3 Å². The zero-order valence-corrected chi connectivity index (χ0v) is 17.7. The molecule has 4 aromatic rings. The van der Waals surface area contributed by atoms with Crippen molar-refractivity contribution in [3.63, 3.8) is 0 Å². The number of pyridine rings is 1. The Bertz CT molecular complexity index is 1370. The van der Waals surface area contributed by atoms with Gasteiger partial charge in [0, 0.05) is 36.6 Å². The number of carbonyl (C=O) groups excluding carboxylic acids is 2. The number of nitrogens with one attached hydrogen (secondary N) is 2. The Morgan fingerprint density at radius 2 is 2.00 bits per heavy atom. The molecule has 9 heteroatoms. The van der Waals surface area contributed by atoms with Gasteiger partial charge >= 0.3 is 0 Å². The number of aliphatic hydroxyl groups is 1. The highest BCUT2D eigenvalue weighted by molar-refractivity contribution is 6.06. The molecule has 0 saturated carbocycles. The number of fused-ring (bicyclic) bond motifs is 2. The smallest absolute Gasteiger partial charge is 0.289 e. The number of imidazole rings is 1. The monoisotopic (exact) mass is 447 g/mol. The summed E-state index contributed by atoms with van der Waals surface area (Å²) in [4.78, 5) is 39.4. The standard InChI is InChI=1S/C24H22FN5O3/c25-15-5-6-19-21(11-15)29-22(28-19)24(33)30-9-7-14(13-30)20-12-17(23(32)26-8-10-31)16-3-1-2-4-18(16)27-20/h1-6,11-12,14,31H,7-10,13H2,(H,26,32)(H,28,29)/t14-/m0/s1. The molecule has 0 bridgehead atoms. The summed E-state index contributed by atoms with van der Waals surface area (Å²) in [7, 11) is 0. The molecule has 1 atom stereocenters. The van der Waals surface area contributed by atoms with E-state index in [2.05, 4.69) is 15.3 Å². The third-order valence-electron chi connectivity index (χ3n) is 5.92. The van der Waals surface area contributed by atoms with E-state index in [-0.39, 0.29) is 36.7 Å². The van der Waals surface area contributed by atoms with E-state index in [1.807, 2.05) is 24.3 Å². The molecule has 3 N–H and O–H groups in total. The molecule has 0 unspecified atom stereocenters. The maximum absolute atomic E-state index is 13.5. The molecule has 0 radical (unpaired) electrons. The van der Waals surface area contributed by atoms with Crippen LogP contribution in [0.25, 0.3) is 21.9 Å². The number of aromatic amines is 1. The van der Waals surface area contributed by atoms with E-state index >= 15 is 0 Å². The minimum absolute atomic E-state index is 0.0372. The number of H-pyrrole nitrogens is 1. The zero-order valence-electron chi connectivity index (χ0n) is 17.7. The molecule has 0 aliphatic carbocycles. The number of nitrogens with zero attached hydrogens (tertiary/aromatic N) is 3. The number of aromatic nitrogens is 3. The minimum atomic E-state index is -0.396. The van der Waals surface area contributed by atoms with Gasteiger partial charge in [-0.25, -0.2) is 9.37 Å². The summed E-state index contributed by atoms with van der Waals surface area (Å²) >= 11 is 0. The predicted octanol–water partition coefficient (Wildman–Crippen LogP) is 2.60. The average Bonchev–Trinajstić information content (AvgIpc) is 3.48. The number of rotatable bonds is 5. The highest BCUT2D eigenvalue weighted by Gasteiger charge is 2.31. The van der Waals surface area contributed by atoms with Crippen LogP contribution in [-0.4, -0.2) is 63.0 Å². The summed E-state index contributed by atoms with van der Waals surface area (Å²) in [6, 6.07) is 13.3. The summed E-state index contributed by atoms with van der Waals surface area (Å²) in [6.07, 6.45) is 0.698. The molecule has 8 nitrogen and oxygen atoms in total. The predicted molar refractivity (Wildman–Crippen MR) is 120 cm³/mol. The quantitative estimate of drug-likeness (QED) is 0.436. The van der Waals surface area contributed by atoms with Crippen LogP contribution < -0.4 is 5.32 Å². The van der Waals surface area contributed by atoms with E-state index in [1.54, 1.807) is 11.0 Å². The average molecular weight is 447 g/mol. The minimum Gasteiger partial charge on any atom is -0.395 e. The molecule has 2 aromatic carbocycles. The van der Waals surface area contributed by atoms with Crippen LogP contribution in [-0.2, 0) is 0 Å². The van der Waals surface area contributed by atoms with Gasteiger partial charge in [0.1, 0.15) is 5.82 Å². The summed E-state index contributed by atoms with van der Waals surface area (Å²) in [5, 5.41) is 12.5. The van der Waals surface area contributed by atoms with Crippen molar-refractivity contribution in [2.75, 3.05) is 26.2 Å². The lowest BCUT2D eigenvalue weighted by Gasteiger charge is -2.16. The normalized spacial score (nSPS) is 15.9. The van der Waals surface area contributed by atoms with Crippen LogP contribution in [0.2, 0.25) is 0 Å². The maximum Gasteiger partial charge on any atom is 0.289 e. The first-order valence-electron chi connectivity index (χ1n) is 10.8. The molecule has 3 heterocycles. The van der Waals surface area contributed by atoms with Crippen molar-refractivity contribution >= 4 is 33.8 Å². The molecule has 5 rings (SSSR count). The van der Waals surface area contributed by atoms with Crippen LogP contribution in [0.1, 0.15) is 39.0 Å². The van der Waals surface area contributed by atoms with Gasteiger partial charge in [-0.1, -0.05) is 18.2 Å². The maximum atomic E-state index is 13.5. The Labute approximate surface area is 188 Å². The van der Waals surface area contributed by atoms with Crippen molar-refractivity contribution < 1.29 is 19.1 Å². The van der Waals surface area contributed by atoms with Gasteiger partial charge in [-0.15, -0.1) is 0 Å². The molecule has 33 heavy (non-hydrogen) atoms. The molecule has 0 spiro atoms. The van der Waals surface area contributed by atoms with Crippen LogP contribution in [0.4, 0.5) is 4.39 Å². The highest BCUT2D eigenvalue weighted by atomic mass is 19.1. The third kappa shape index (κ3) is 4.03. The number of aliphatic hydroxyl groups excluding tert-OH is 1. The van der Waals surface area contributed by atoms with E-state index < -0.39 is 5.82 Å². The molecule has 1 saturated heterocycles. The van der Waals surface area contributed by atoms with Gasteiger partial charge in [0.15, 0.2) is 5.82 Å². The Hall–Kier alpha value is -3.85. The van der Waals surface area contributed by atoms with Gasteiger partial charge in [-0.2, -0.15) is 0 Å². The second-order valence-electron chi connectivity index (χ2n) is 8.07. The first-order chi connectivity index (χ1) is 16.0. The number of hydrogen-bond donors (Lipinski definition) is 3. The van der Waals surface area contributed by atoms with Crippen LogP contribution in [0, 0.1) is 5.82 Å². The molecule has 1 fully saturated rings. The van der Waals surface area contributed by atoms with Crippen LogP contribution >= 0.6 is 0 Å². The van der Waals surface area contributed by atoms with Gasteiger partial charge in [0.25, 0.3) is 11.8 Å². The number of amides is 2. The number of benzene rings is 2. The Morgan fingerprint density at radius 1 is 1.15 bits per heavy atom. The molecule has 1 aliphatic rings. The lowest BCUT2D eigenvalue weighted by Crippen LogP contribution is -2.29. The van der Waals surface area contributed by atoms with Gasteiger partial charge in [0.05, 0.1) is 28.7 Å². The van der Waals surface area contributed by atoms with Gasteiger partial charge in [-0.05, 0) is 36.8 Å². The summed E-state index contributed by atoms with van der Waals surface area (Å²) in [6.45, 7) is 0.983. The van der Waals surface area contributed by atoms with E-state index in [1.165, 1.54) is 18.2 Å². The lowest BCUT2D eigenvalue weighted by atomic mass is 9.99. The molecular formula is C24H22FN5O3. The second-order valence-corrected chi connectivity index (χ2v) is 8.07. The fraction of sp³-hybridized carbons (Fsp3) is 0.250. The largest absolute Gasteiger partial charge is 0.395 e.